The molecule has 1 aliphatic carbocycles. The van der Waals surface area contributed by atoms with Crippen LogP contribution < -0.4 is 4.74 Å². The zero-order chi connectivity index (χ0) is 20.9. The number of Topliss-reactive ketones (excluding diaryl/α,β-unsaturated/α-hetero) is 1. The molecule has 0 aliphatic heterocycles. The largest absolute Gasteiger partial charge is 0.439 e. The molecule has 1 aromatic carbocycles. The lowest BCUT2D eigenvalue weighted by atomic mass is 9.79. The number of hydrogen-bond donors (Lipinski definition) is 0. The minimum atomic E-state index is -3.02. The van der Waals surface area contributed by atoms with Crippen LogP contribution in [0.15, 0.2) is 48.7 Å². The minimum Gasteiger partial charge on any atom is -0.439 e. The summed E-state index contributed by atoms with van der Waals surface area (Å²) < 4.78 is 29.9. The van der Waals surface area contributed by atoms with Gasteiger partial charge in [0.25, 0.3) is 0 Å². The highest BCUT2D eigenvalue weighted by atomic mass is 32.2. The van der Waals surface area contributed by atoms with Gasteiger partial charge in [0.2, 0.25) is 5.88 Å². The van der Waals surface area contributed by atoms with E-state index in [0.717, 1.165) is 37.0 Å². The number of hydrogen-bond acceptors (Lipinski definition) is 5. The average molecular weight is 416 g/mol. The van der Waals surface area contributed by atoms with Crippen LogP contribution in [0.25, 0.3) is 0 Å². The highest BCUT2D eigenvalue weighted by molar-refractivity contribution is 7.91. The lowest BCUT2D eigenvalue weighted by Crippen LogP contribution is -2.29. The Labute approximate surface area is 173 Å². The maximum absolute atomic E-state index is 12.7. The summed E-state index contributed by atoms with van der Waals surface area (Å²) in [5.74, 6) is 1.89. The van der Waals surface area contributed by atoms with Crippen molar-refractivity contribution in [3.05, 3.63) is 54.2 Å². The first-order valence-electron chi connectivity index (χ1n) is 10.3. The monoisotopic (exact) mass is 415 g/mol. The van der Waals surface area contributed by atoms with Crippen molar-refractivity contribution in [2.24, 2.45) is 11.8 Å². The molecule has 0 saturated heterocycles. The maximum Gasteiger partial charge on any atom is 0.219 e. The predicted molar refractivity (Wildman–Crippen MR) is 114 cm³/mol. The second-order valence-electron chi connectivity index (χ2n) is 8.16. The molecule has 5 nitrogen and oxygen atoms in total. The Bertz CT molecular complexity index is 900. The van der Waals surface area contributed by atoms with E-state index < -0.39 is 9.84 Å². The number of benzene rings is 1. The summed E-state index contributed by atoms with van der Waals surface area (Å²) in [5, 5.41) is -0.330. The van der Waals surface area contributed by atoms with Gasteiger partial charge in [0.1, 0.15) is 11.5 Å². The summed E-state index contributed by atoms with van der Waals surface area (Å²) in [6.07, 6.45) is 5.23. The van der Waals surface area contributed by atoms with Crippen LogP contribution in [-0.4, -0.2) is 30.2 Å². The summed E-state index contributed by atoms with van der Waals surface area (Å²) in [6, 6.07) is 13.1. The van der Waals surface area contributed by atoms with Gasteiger partial charge in [-0.3, -0.25) is 4.79 Å². The van der Waals surface area contributed by atoms with E-state index in [2.05, 4.69) is 4.98 Å². The summed E-state index contributed by atoms with van der Waals surface area (Å²) in [6.45, 7) is 3.46. The molecule has 1 heterocycles. The molecule has 0 radical (unpaired) electrons. The fourth-order valence-electron chi connectivity index (χ4n) is 3.70. The van der Waals surface area contributed by atoms with Gasteiger partial charge in [-0.15, -0.1) is 0 Å². The molecule has 2 aromatic rings. The maximum atomic E-state index is 12.7. The SMILES string of the molecule is CC(C)S(=O)(=O)CC1CCC(C(=O)Cc2ccc(Oc3ccccc3)nc2)CC1. The molecule has 0 bridgehead atoms. The van der Waals surface area contributed by atoms with E-state index in [9.17, 15) is 13.2 Å². The van der Waals surface area contributed by atoms with E-state index in [4.69, 9.17) is 4.74 Å². The molecule has 3 rings (SSSR count). The van der Waals surface area contributed by atoms with Gasteiger partial charge in [0.15, 0.2) is 9.84 Å². The Kier molecular flexibility index (Phi) is 7.06. The van der Waals surface area contributed by atoms with Gasteiger partial charge in [-0.25, -0.2) is 13.4 Å². The van der Waals surface area contributed by atoms with Crippen molar-refractivity contribution >= 4 is 15.6 Å². The van der Waals surface area contributed by atoms with Crippen molar-refractivity contribution in [3.8, 4) is 11.6 Å². The number of aromatic nitrogens is 1. The zero-order valence-electron chi connectivity index (χ0n) is 17.1. The summed E-state index contributed by atoms with van der Waals surface area (Å²) in [5.41, 5.74) is 0.875. The molecule has 1 aromatic heterocycles. The van der Waals surface area contributed by atoms with Gasteiger partial charge in [-0.05, 0) is 63.1 Å². The normalized spacial score (nSPS) is 19.8. The van der Waals surface area contributed by atoms with Crippen molar-refractivity contribution in [1.82, 2.24) is 4.98 Å². The van der Waals surface area contributed by atoms with Gasteiger partial charge in [0, 0.05) is 24.6 Å². The van der Waals surface area contributed by atoms with Gasteiger partial charge < -0.3 is 4.74 Å². The lowest BCUT2D eigenvalue weighted by molar-refractivity contribution is -0.123. The van der Waals surface area contributed by atoms with Crippen LogP contribution in [0.3, 0.4) is 0 Å². The molecule has 0 amide bonds. The van der Waals surface area contributed by atoms with Gasteiger partial charge in [-0.1, -0.05) is 24.3 Å². The van der Waals surface area contributed by atoms with Crippen LogP contribution >= 0.6 is 0 Å². The molecule has 1 fully saturated rings. The van der Waals surface area contributed by atoms with E-state index in [-0.39, 0.29) is 28.6 Å². The highest BCUT2D eigenvalue weighted by Gasteiger charge is 2.30. The van der Waals surface area contributed by atoms with Crippen molar-refractivity contribution < 1.29 is 17.9 Å². The van der Waals surface area contributed by atoms with Crippen LogP contribution in [0.5, 0.6) is 11.6 Å². The fraction of sp³-hybridized carbons (Fsp3) is 0.478. The van der Waals surface area contributed by atoms with Crippen LogP contribution in [0.4, 0.5) is 0 Å². The summed E-state index contributed by atoms with van der Waals surface area (Å²) in [4.78, 5) is 17.0. The third-order valence-electron chi connectivity index (χ3n) is 5.63. The molecule has 156 valence electrons. The van der Waals surface area contributed by atoms with Crippen molar-refractivity contribution in [2.45, 2.75) is 51.2 Å². The number of ketones is 1. The third-order valence-corrected chi connectivity index (χ3v) is 8.00. The Balaban J connectivity index is 1.48. The van der Waals surface area contributed by atoms with Crippen LogP contribution in [0, 0.1) is 11.8 Å². The molecule has 0 unspecified atom stereocenters. The van der Waals surface area contributed by atoms with Gasteiger partial charge in [0.05, 0.1) is 11.0 Å². The molecule has 1 saturated carbocycles. The highest BCUT2D eigenvalue weighted by Crippen LogP contribution is 2.31. The van der Waals surface area contributed by atoms with E-state index in [1.165, 1.54) is 0 Å². The topological polar surface area (TPSA) is 73.3 Å². The number of rotatable bonds is 8. The predicted octanol–water partition coefficient (Wildman–Crippen LogP) is 4.62. The van der Waals surface area contributed by atoms with E-state index >= 15 is 0 Å². The number of carbonyl (C=O) groups excluding carboxylic acids is 1. The summed E-state index contributed by atoms with van der Waals surface area (Å²) >= 11 is 0. The standard InChI is InChI=1S/C23H29NO4S/c1-17(2)29(26,27)16-18-8-11-20(12-9-18)22(25)14-19-10-13-23(24-15-19)28-21-6-4-3-5-7-21/h3-7,10,13,15,17-18,20H,8-9,11-12,14,16H2,1-2H3. The molecular weight excluding hydrogens is 386 g/mol. The second-order valence-corrected chi connectivity index (χ2v) is 10.8. The zero-order valence-corrected chi connectivity index (χ0v) is 17.9. The molecule has 6 heteroatoms. The second kappa shape index (κ2) is 9.53. The van der Waals surface area contributed by atoms with Crippen LogP contribution in [0.1, 0.15) is 45.1 Å². The molecule has 0 N–H and O–H groups in total. The minimum absolute atomic E-state index is 0.0215. The molecular formula is C23H29NO4S. The number of sulfone groups is 1. The number of para-hydroxylation sites is 1. The number of pyridine rings is 1. The van der Waals surface area contributed by atoms with Gasteiger partial charge in [-0.2, -0.15) is 0 Å². The third kappa shape index (κ3) is 6.13. The quantitative estimate of drug-likeness (QED) is 0.629. The molecule has 29 heavy (non-hydrogen) atoms. The number of ether oxygens (including phenoxy) is 1. The van der Waals surface area contributed by atoms with E-state index in [1.807, 2.05) is 36.4 Å². The lowest BCUT2D eigenvalue weighted by Gasteiger charge is -2.28. The van der Waals surface area contributed by atoms with Crippen LogP contribution in [0.2, 0.25) is 0 Å². The van der Waals surface area contributed by atoms with Crippen LogP contribution in [-0.2, 0) is 21.1 Å². The Morgan fingerprint density at radius 3 is 2.34 bits per heavy atom. The van der Waals surface area contributed by atoms with Crippen molar-refractivity contribution in [2.75, 3.05) is 5.75 Å². The van der Waals surface area contributed by atoms with E-state index in [0.29, 0.717) is 12.3 Å². The Morgan fingerprint density at radius 1 is 1.07 bits per heavy atom. The first-order valence-corrected chi connectivity index (χ1v) is 12.0. The van der Waals surface area contributed by atoms with Crippen molar-refractivity contribution in [3.63, 3.8) is 0 Å². The first kappa shape index (κ1) is 21.5. The van der Waals surface area contributed by atoms with Gasteiger partial charge >= 0.3 is 0 Å². The molecule has 1 aliphatic rings. The molecule has 0 spiro atoms. The smallest absolute Gasteiger partial charge is 0.219 e. The number of nitrogens with zero attached hydrogens (tertiary/aromatic N) is 1. The Morgan fingerprint density at radius 2 is 1.76 bits per heavy atom. The molecule has 0 atom stereocenters. The first-order chi connectivity index (χ1) is 13.8. The Hall–Kier alpha value is -2.21. The number of carbonyl (C=O) groups is 1. The summed E-state index contributed by atoms with van der Waals surface area (Å²) in [7, 11) is -3.02. The average Bonchev–Trinajstić information content (AvgIpc) is 2.70. The van der Waals surface area contributed by atoms with E-state index in [1.54, 1.807) is 26.1 Å². The fourth-order valence-corrected chi connectivity index (χ4v) is 5.08. The van der Waals surface area contributed by atoms with Crippen molar-refractivity contribution in [1.29, 1.82) is 0 Å².